The number of hydrogen-bond acceptors (Lipinski definition) is 7. The normalized spacial score (nSPS) is 13.5. The first kappa shape index (κ1) is 18.6. The van der Waals surface area contributed by atoms with Crippen LogP contribution in [0.5, 0.6) is 0 Å². The molecule has 3 aromatic rings. The van der Waals surface area contributed by atoms with Crippen molar-refractivity contribution in [3.8, 4) is 5.69 Å². The highest BCUT2D eigenvalue weighted by atomic mass is 32.2. The van der Waals surface area contributed by atoms with Gasteiger partial charge >= 0.3 is 0 Å². The van der Waals surface area contributed by atoms with Gasteiger partial charge in [-0.05, 0) is 52.7 Å². The van der Waals surface area contributed by atoms with Crippen LogP contribution in [0.15, 0.2) is 53.7 Å². The molecule has 0 bridgehead atoms. The fourth-order valence-corrected chi connectivity index (χ4v) is 4.85. The first-order valence-electron chi connectivity index (χ1n) is 8.54. The topological polar surface area (TPSA) is 98.1 Å². The molecule has 2 aromatic carbocycles. The van der Waals surface area contributed by atoms with Gasteiger partial charge in [-0.25, -0.2) is 8.42 Å². The van der Waals surface area contributed by atoms with Gasteiger partial charge < -0.3 is 0 Å². The third-order valence-electron chi connectivity index (χ3n) is 4.43. The van der Waals surface area contributed by atoms with Crippen LogP contribution >= 0.6 is 11.8 Å². The molecular formula is C18H17N5O3S2. The largest absolute Gasteiger partial charge is 0.293 e. The monoisotopic (exact) mass is 415 g/mol. The second kappa shape index (κ2) is 7.36. The molecule has 1 aliphatic rings. The molecule has 0 saturated heterocycles. The molecule has 2 heterocycles. The number of fused-ring (bicyclic) bond motifs is 1. The van der Waals surface area contributed by atoms with E-state index in [0.29, 0.717) is 29.4 Å². The number of rotatable bonds is 6. The fraction of sp³-hybridized carbons (Fsp3) is 0.222. The van der Waals surface area contributed by atoms with Crippen molar-refractivity contribution in [2.45, 2.75) is 11.6 Å². The van der Waals surface area contributed by atoms with Crippen LogP contribution in [0.1, 0.15) is 15.9 Å². The molecule has 0 radical (unpaired) electrons. The molecule has 10 heteroatoms. The van der Waals surface area contributed by atoms with Gasteiger partial charge in [0.2, 0.25) is 15.2 Å². The average Bonchev–Trinajstić information content (AvgIpc) is 3.32. The van der Waals surface area contributed by atoms with Gasteiger partial charge in [0.15, 0.2) is 5.78 Å². The van der Waals surface area contributed by atoms with Crippen molar-refractivity contribution < 1.29 is 13.2 Å². The third-order valence-corrected chi connectivity index (χ3v) is 6.53. The van der Waals surface area contributed by atoms with Crippen LogP contribution in [0.2, 0.25) is 0 Å². The molecule has 0 amide bonds. The lowest BCUT2D eigenvalue weighted by Crippen LogP contribution is -2.27. The molecule has 28 heavy (non-hydrogen) atoms. The summed E-state index contributed by atoms with van der Waals surface area (Å²) in [5, 5.41) is 12.2. The van der Waals surface area contributed by atoms with Gasteiger partial charge in [0.25, 0.3) is 0 Å². The van der Waals surface area contributed by atoms with Crippen LogP contribution in [0.3, 0.4) is 0 Å². The Morgan fingerprint density at radius 1 is 1.18 bits per heavy atom. The molecule has 0 aliphatic carbocycles. The van der Waals surface area contributed by atoms with Crippen molar-refractivity contribution in [3.05, 3.63) is 59.7 Å². The zero-order valence-corrected chi connectivity index (χ0v) is 16.7. The number of sulfonamides is 1. The predicted molar refractivity (Wildman–Crippen MR) is 107 cm³/mol. The summed E-state index contributed by atoms with van der Waals surface area (Å²) in [4.78, 5) is 12.6. The molecule has 0 spiro atoms. The summed E-state index contributed by atoms with van der Waals surface area (Å²) < 4.78 is 26.6. The van der Waals surface area contributed by atoms with Gasteiger partial charge in [0.1, 0.15) is 0 Å². The highest BCUT2D eigenvalue weighted by molar-refractivity contribution is 7.99. The van der Waals surface area contributed by atoms with Crippen LogP contribution in [-0.2, 0) is 16.4 Å². The van der Waals surface area contributed by atoms with E-state index in [4.69, 9.17) is 0 Å². The minimum absolute atomic E-state index is 0.0618. The summed E-state index contributed by atoms with van der Waals surface area (Å²) in [7, 11) is -3.30. The number of ketones is 1. The fourth-order valence-electron chi connectivity index (χ4n) is 3.10. The number of benzene rings is 2. The predicted octanol–water partition coefficient (Wildman–Crippen LogP) is 1.96. The lowest BCUT2D eigenvalue weighted by Gasteiger charge is -2.16. The van der Waals surface area contributed by atoms with Gasteiger partial charge in [-0.2, -0.15) is 4.68 Å². The number of nitrogens with zero attached hydrogens (tertiary/aromatic N) is 5. The summed E-state index contributed by atoms with van der Waals surface area (Å²) in [6, 6.07) is 14.6. The van der Waals surface area contributed by atoms with Crippen molar-refractivity contribution in [1.82, 2.24) is 20.2 Å². The Balaban J connectivity index is 1.48. The summed E-state index contributed by atoms with van der Waals surface area (Å²) in [6.07, 6.45) is 1.79. The zero-order valence-electron chi connectivity index (χ0n) is 15.0. The van der Waals surface area contributed by atoms with Gasteiger partial charge in [0, 0.05) is 12.1 Å². The van der Waals surface area contributed by atoms with Crippen LogP contribution in [0.25, 0.3) is 5.69 Å². The van der Waals surface area contributed by atoms with E-state index in [9.17, 15) is 13.2 Å². The van der Waals surface area contributed by atoms with E-state index in [1.807, 2.05) is 30.3 Å². The number of aromatic nitrogens is 4. The van der Waals surface area contributed by atoms with Crippen LogP contribution in [0.4, 0.5) is 5.69 Å². The molecule has 1 aromatic heterocycles. The van der Waals surface area contributed by atoms with Crippen LogP contribution in [-0.4, -0.2) is 53.0 Å². The lowest BCUT2D eigenvalue weighted by atomic mass is 10.1. The Labute approximate surface area is 166 Å². The standard InChI is InChI=1S/C18H17N5O3S2/c1-28(25,26)22-10-9-13-11-14(7-8-16(13)22)17(24)12-27-18-19-20-21-23(18)15-5-3-2-4-6-15/h2-8,11H,9-10,12H2,1H3. The van der Waals surface area contributed by atoms with Crippen molar-refractivity contribution in [3.63, 3.8) is 0 Å². The SMILES string of the molecule is CS(=O)(=O)N1CCc2cc(C(=O)CSc3nnnn3-c3ccccc3)ccc21. The van der Waals surface area contributed by atoms with Crippen LogP contribution in [0, 0.1) is 0 Å². The number of anilines is 1. The maximum absolute atomic E-state index is 12.6. The lowest BCUT2D eigenvalue weighted by molar-refractivity contribution is 0.102. The minimum atomic E-state index is -3.30. The third kappa shape index (κ3) is 3.65. The Kier molecular flexibility index (Phi) is 4.90. The summed E-state index contributed by atoms with van der Waals surface area (Å²) in [6.45, 7) is 0.409. The van der Waals surface area contributed by atoms with E-state index in [2.05, 4.69) is 15.5 Å². The number of Topliss-reactive ketones (excluding diaryl/α,β-unsaturated/α-hetero) is 1. The molecule has 0 saturated carbocycles. The van der Waals surface area contributed by atoms with E-state index in [0.717, 1.165) is 11.3 Å². The van der Waals surface area contributed by atoms with Gasteiger partial charge in [-0.1, -0.05) is 30.0 Å². The number of carbonyl (C=O) groups is 1. The smallest absolute Gasteiger partial charge is 0.232 e. The summed E-state index contributed by atoms with van der Waals surface area (Å²) >= 11 is 1.26. The molecule has 1 aliphatic heterocycles. The highest BCUT2D eigenvalue weighted by Gasteiger charge is 2.26. The molecule has 4 rings (SSSR count). The molecule has 0 unspecified atom stereocenters. The van der Waals surface area contributed by atoms with Crippen molar-refractivity contribution in [2.24, 2.45) is 0 Å². The van der Waals surface area contributed by atoms with Gasteiger partial charge in [-0.3, -0.25) is 9.10 Å². The Bertz CT molecular complexity index is 1130. The second-order valence-corrected chi connectivity index (χ2v) is 9.20. The quantitative estimate of drug-likeness (QED) is 0.448. The second-order valence-electron chi connectivity index (χ2n) is 6.35. The van der Waals surface area contributed by atoms with Crippen molar-refractivity contribution in [1.29, 1.82) is 0 Å². The first-order chi connectivity index (χ1) is 13.4. The molecule has 0 N–H and O–H groups in total. The van der Waals surface area contributed by atoms with Gasteiger partial charge in [-0.15, -0.1) is 5.10 Å². The van der Waals surface area contributed by atoms with E-state index >= 15 is 0 Å². The van der Waals surface area contributed by atoms with E-state index in [1.54, 1.807) is 22.9 Å². The number of thioether (sulfide) groups is 1. The summed E-state index contributed by atoms with van der Waals surface area (Å²) in [5.74, 6) is 0.120. The number of carbonyl (C=O) groups excluding carboxylic acids is 1. The molecule has 8 nitrogen and oxygen atoms in total. The number of para-hydroxylation sites is 1. The van der Waals surface area contributed by atoms with Crippen molar-refractivity contribution >= 4 is 33.3 Å². The van der Waals surface area contributed by atoms with Crippen molar-refractivity contribution in [2.75, 3.05) is 22.9 Å². The Hall–Kier alpha value is -2.72. The van der Waals surface area contributed by atoms with Crippen LogP contribution < -0.4 is 4.31 Å². The average molecular weight is 416 g/mol. The van der Waals surface area contributed by atoms with E-state index < -0.39 is 10.0 Å². The maximum Gasteiger partial charge on any atom is 0.232 e. The Morgan fingerprint density at radius 2 is 1.96 bits per heavy atom. The Morgan fingerprint density at radius 3 is 2.71 bits per heavy atom. The number of tetrazole rings is 1. The van der Waals surface area contributed by atoms with E-state index in [-0.39, 0.29) is 11.5 Å². The zero-order chi connectivity index (χ0) is 19.7. The first-order valence-corrected chi connectivity index (χ1v) is 11.4. The van der Waals surface area contributed by atoms with Gasteiger partial charge in [0.05, 0.1) is 23.4 Å². The molecule has 0 fully saturated rings. The minimum Gasteiger partial charge on any atom is -0.293 e. The molecule has 144 valence electrons. The maximum atomic E-state index is 12.6. The molecule has 0 atom stereocenters. The highest BCUT2D eigenvalue weighted by Crippen LogP contribution is 2.31. The molecular weight excluding hydrogens is 398 g/mol. The summed E-state index contributed by atoms with van der Waals surface area (Å²) in [5.41, 5.74) is 2.90. The van der Waals surface area contributed by atoms with E-state index in [1.165, 1.54) is 22.3 Å². The number of hydrogen-bond donors (Lipinski definition) is 0.